The third-order valence-electron chi connectivity index (χ3n) is 6.90. The molecule has 0 unspecified atom stereocenters. The summed E-state index contributed by atoms with van der Waals surface area (Å²) >= 11 is 0. The maximum Gasteiger partial charge on any atom is 0.213 e. The van der Waals surface area contributed by atoms with Crippen LogP contribution in [0, 0.1) is 5.82 Å². The van der Waals surface area contributed by atoms with E-state index in [1.54, 1.807) is 18.3 Å². The van der Waals surface area contributed by atoms with E-state index in [4.69, 9.17) is 14.2 Å². The number of methoxy groups -OCH3 is 1. The number of nitrogens with one attached hydrogen (secondary N) is 1. The molecule has 0 bridgehead atoms. The van der Waals surface area contributed by atoms with E-state index >= 15 is 0 Å². The Balaban J connectivity index is 0.00000190. The topological polar surface area (TPSA) is 102 Å². The van der Waals surface area contributed by atoms with Crippen LogP contribution in [0.25, 0.3) is 11.0 Å². The molecule has 0 aliphatic carbocycles. The van der Waals surface area contributed by atoms with Crippen molar-refractivity contribution in [3.05, 3.63) is 47.7 Å². The summed E-state index contributed by atoms with van der Waals surface area (Å²) in [5.41, 5.74) is 2.02. The van der Waals surface area contributed by atoms with Crippen molar-refractivity contribution >= 4 is 35.8 Å². The lowest BCUT2D eigenvalue weighted by Crippen LogP contribution is -2.61. The number of ether oxygens (including phenoxy) is 3. The van der Waals surface area contributed by atoms with Crippen LogP contribution >= 0.6 is 24.8 Å². The molecule has 9 nitrogen and oxygen atoms in total. The van der Waals surface area contributed by atoms with Gasteiger partial charge in [0.05, 0.1) is 42.3 Å². The van der Waals surface area contributed by atoms with E-state index < -0.39 is 11.6 Å². The number of piperidine rings is 1. The summed E-state index contributed by atoms with van der Waals surface area (Å²) in [5, 5.41) is 14.5. The molecule has 37 heavy (non-hydrogen) atoms. The fourth-order valence-corrected chi connectivity index (χ4v) is 4.58. The number of hydrogen-bond acceptors (Lipinski definition) is 9. The van der Waals surface area contributed by atoms with Crippen LogP contribution in [0.15, 0.2) is 30.6 Å². The van der Waals surface area contributed by atoms with Crippen molar-refractivity contribution in [1.29, 1.82) is 0 Å². The number of aromatic nitrogens is 3. The van der Waals surface area contributed by atoms with Crippen molar-refractivity contribution in [2.45, 2.75) is 38.0 Å². The summed E-state index contributed by atoms with van der Waals surface area (Å²) in [6.07, 6.45) is 3.53. The van der Waals surface area contributed by atoms with Crippen molar-refractivity contribution in [2.75, 3.05) is 40.0 Å². The summed E-state index contributed by atoms with van der Waals surface area (Å²) in [6.45, 7) is 5.45. The van der Waals surface area contributed by atoms with Crippen LogP contribution in [-0.2, 0) is 13.0 Å². The quantitative estimate of drug-likeness (QED) is 0.455. The summed E-state index contributed by atoms with van der Waals surface area (Å²) in [4.78, 5) is 15.1. The molecule has 5 rings (SSSR count). The Hall–Kier alpha value is -2.50. The van der Waals surface area contributed by atoms with Gasteiger partial charge in [-0.3, -0.25) is 9.97 Å². The molecule has 0 aromatic carbocycles. The minimum atomic E-state index is -0.592. The number of fused-ring (bicyclic) bond motifs is 2. The molecule has 0 amide bonds. The number of likely N-dealkylation sites (tertiary alicyclic amines) is 1. The van der Waals surface area contributed by atoms with Crippen LogP contribution in [0.1, 0.15) is 24.6 Å². The number of aliphatic hydroxyl groups is 1. The fourth-order valence-electron chi connectivity index (χ4n) is 4.58. The number of halogens is 3. The van der Waals surface area contributed by atoms with Gasteiger partial charge in [0.15, 0.2) is 11.5 Å². The average molecular weight is 556 g/mol. The zero-order valence-corrected chi connectivity index (χ0v) is 22.4. The molecule has 2 atom stereocenters. The number of β-amino-alcohol motifs (C(OH)–C–C–N with tert-alkyl or cyclic N) is 1. The van der Waals surface area contributed by atoms with Crippen LogP contribution in [-0.4, -0.2) is 76.6 Å². The normalized spacial score (nSPS) is 21.1. The minimum Gasteiger partial charge on any atom is -0.486 e. The zero-order valence-electron chi connectivity index (χ0n) is 20.8. The zero-order chi connectivity index (χ0) is 24.4. The van der Waals surface area contributed by atoms with Gasteiger partial charge in [0, 0.05) is 49.4 Å². The minimum absolute atomic E-state index is 0. The van der Waals surface area contributed by atoms with Gasteiger partial charge in [-0.25, -0.2) is 9.37 Å². The van der Waals surface area contributed by atoms with E-state index in [0.29, 0.717) is 73.2 Å². The molecule has 0 radical (unpaired) electrons. The Kier molecular flexibility index (Phi) is 9.71. The first kappa shape index (κ1) is 29.1. The van der Waals surface area contributed by atoms with E-state index in [0.717, 1.165) is 18.7 Å². The number of hydrogen-bond donors (Lipinski definition) is 2. The number of aliphatic hydroxyl groups excluding tert-OH is 1. The average Bonchev–Trinajstić information content (AvgIpc) is 2.88. The van der Waals surface area contributed by atoms with Crippen LogP contribution in [0.4, 0.5) is 4.39 Å². The highest BCUT2D eigenvalue weighted by Crippen LogP contribution is 2.30. The van der Waals surface area contributed by atoms with E-state index in [2.05, 4.69) is 25.2 Å². The highest BCUT2D eigenvalue weighted by molar-refractivity contribution is 5.85. The molecular weight excluding hydrogens is 524 g/mol. The van der Waals surface area contributed by atoms with E-state index in [1.165, 1.54) is 13.3 Å². The van der Waals surface area contributed by atoms with Gasteiger partial charge in [0.1, 0.15) is 19.0 Å². The summed E-state index contributed by atoms with van der Waals surface area (Å²) in [6, 6.07) is 5.37. The smallest absolute Gasteiger partial charge is 0.213 e. The van der Waals surface area contributed by atoms with Crippen LogP contribution in [0.2, 0.25) is 0 Å². The SMILES string of the molecule is COc1ccc2ncc(F)c(CCN3CC[C@](C)(NCc4cc5c(cn4)OCCO5)[C@@H](O)C3)c2n1.Cl.Cl. The molecule has 3 aromatic heterocycles. The van der Waals surface area contributed by atoms with E-state index in [9.17, 15) is 9.50 Å². The van der Waals surface area contributed by atoms with Crippen LogP contribution in [0.5, 0.6) is 17.4 Å². The fraction of sp³-hybridized carbons (Fsp3) is 0.480. The predicted octanol–water partition coefficient (Wildman–Crippen LogP) is 2.94. The monoisotopic (exact) mass is 555 g/mol. The molecule has 202 valence electrons. The van der Waals surface area contributed by atoms with Crippen molar-refractivity contribution in [2.24, 2.45) is 0 Å². The summed E-state index contributed by atoms with van der Waals surface area (Å²) in [7, 11) is 1.53. The molecule has 0 spiro atoms. The highest BCUT2D eigenvalue weighted by Gasteiger charge is 2.38. The van der Waals surface area contributed by atoms with Gasteiger partial charge in [0.2, 0.25) is 5.88 Å². The van der Waals surface area contributed by atoms with Gasteiger partial charge in [-0.15, -0.1) is 24.8 Å². The van der Waals surface area contributed by atoms with Gasteiger partial charge < -0.3 is 29.5 Å². The first-order valence-electron chi connectivity index (χ1n) is 11.8. The Bertz CT molecular complexity index is 1220. The lowest BCUT2D eigenvalue weighted by atomic mass is 9.86. The lowest BCUT2D eigenvalue weighted by Gasteiger charge is -2.44. The number of nitrogens with zero attached hydrogens (tertiary/aromatic N) is 4. The van der Waals surface area contributed by atoms with Crippen molar-refractivity contribution < 1.29 is 23.7 Å². The lowest BCUT2D eigenvalue weighted by molar-refractivity contribution is -0.00686. The van der Waals surface area contributed by atoms with Crippen molar-refractivity contribution in [1.82, 2.24) is 25.2 Å². The standard InChI is InChI=1S/C25H30FN5O4.2ClH/c1-25(29-12-16-11-20-21(14-27-16)35-10-9-34-20)6-8-31(15-22(25)32)7-5-17-18(26)13-28-19-3-4-23(33-2)30-24(17)19;;/h3-4,11,13-14,22,29,32H,5-10,12,15H2,1-2H3;2*1H/t22-,25-;;/m0../s1. The first-order chi connectivity index (χ1) is 16.9. The molecule has 1 saturated heterocycles. The maximum atomic E-state index is 14.6. The maximum absolute atomic E-state index is 14.6. The number of rotatable bonds is 7. The van der Waals surface area contributed by atoms with Crippen molar-refractivity contribution in [3.63, 3.8) is 0 Å². The molecule has 3 aromatic rings. The third kappa shape index (κ3) is 6.32. The van der Waals surface area contributed by atoms with Gasteiger partial charge in [-0.05, 0) is 25.8 Å². The third-order valence-corrected chi connectivity index (χ3v) is 6.90. The first-order valence-corrected chi connectivity index (χ1v) is 11.8. The Morgan fingerprint density at radius 3 is 2.73 bits per heavy atom. The Morgan fingerprint density at radius 2 is 1.97 bits per heavy atom. The van der Waals surface area contributed by atoms with Crippen molar-refractivity contribution in [3.8, 4) is 17.4 Å². The van der Waals surface area contributed by atoms with Gasteiger partial charge in [-0.2, -0.15) is 0 Å². The summed E-state index contributed by atoms with van der Waals surface area (Å²) in [5.74, 6) is 1.40. The second-order valence-corrected chi connectivity index (χ2v) is 9.21. The largest absolute Gasteiger partial charge is 0.486 e. The molecule has 12 heteroatoms. The molecule has 2 aliphatic heterocycles. The van der Waals surface area contributed by atoms with E-state index in [-0.39, 0.29) is 30.6 Å². The van der Waals surface area contributed by atoms with Gasteiger partial charge in [0.25, 0.3) is 0 Å². The molecule has 0 saturated carbocycles. The highest BCUT2D eigenvalue weighted by atomic mass is 35.5. The molecule has 2 aliphatic rings. The Labute approximate surface area is 227 Å². The van der Waals surface area contributed by atoms with Gasteiger partial charge >= 0.3 is 0 Å². The molecular formula is C25H32Cl2FN5O4. The second kappa shape index (κ2) is 12.4. The molecule has 2 N–H and O–H groups in total. The Morgan fingerprint density at radius 1 is 1.19 bits per heavy atom. The summed E-state index contributed by atoms with van der Waals surface area (Å²) < 4.78 is 31.0. The van der Waals surface area contributed by atoms with Crippen LogP contribution < -0.4 is 19.5 Å². The second-order valence-electron chi connectivity index (χ2n) is 9.21. The predicted molar refractivity (Wildman–Crippen MR) is 142 cm³/mol. The number of pyridine rings is 3. The van der Waals surface area contributed by atoms with E-state index in [1.807, 2.05) is 13.0 Å². The van der Waals surface area contributed by atoms with Gasteiger partial charge in [-0.1, -0.05) is 0 Å². The molecule has 5 heterocycles. The molecule has 1 fully saturated rings. The van der Waals surface area contributed by atoms with Crippen LogP contribution in [0.3, 0.4) is 0 Å².